The number of hydrogen-bond donors (Lipinski definition) is 2. The van der Waals surface area contributed by atoms with Gasteiger partial charge >= 0.3 is 0 Å². The van der Waals surface area contributed by atoms with Crippen LogP contribution < -0.4 is 11.5 Å². The Hall–Kier alpha value is -1.10. The minimum Gasteiger partial charge on any atom is -0.369 e. The standard InChI is InChI=1S/C9H17N3O2/c10-3-1-2-4-12-6-7(9(11)14)5-8(12)13/h7H,1-6,10H2,(H2,11,14). The van der Waals surface area contributed by atoms with Gasteiger partial charge in [0.2, 0.25) is 11.8 Å². The molecule has 4 N–H and O–H groups in total. The average molecular weight is 199 g/mol. The molecule has 5 heteroatoms. The van der Waals surface area contributed by atoms with Crippen LogP contribution in [0.2, 0.25) is 0 Å². The van der Waals surface area contributed by atoms with Crippen molar-refractivity contribution in [1.29, 1.82) is 0 Å². The fraction of sp³-hybridized carbons (Fsp3) is 0.778. The third kappa shape index (κ3) is 2.70. The lowest BCUT2D eigenvalue weighted by Crippen LogP contribution is -2.29. The van der Waals surface area contributed by atoms with Crippen molar-refractivity contribution in [3.05, 3.63) is 0 Å². The largest absolute Gasteiger partial charge is 0.369 e. The van der Waals surface area contributed by atoms with Crippen LogP contribution in [0.5, 0.6) is 0 Å². The Balaban J connectivity index is 2.33. The Morgan fingerprint density at radius 3 is 2.71 bits per heavy atom. The summed E-state index contributed by atoms with van der Waals surface area (Å²) in [4.78, 5) is 23.9. The lowest BCUT2D eigenvalue weighted by atomic mass is 10.1. The number of amides is 2. The molecule has 0 spiro atoms. The summed E-state index contributed by atoms with van der Waals surface area (Å²) in [6.45, 7) is 1.82. The molecule has 0 aromatic rings. The second kappa shape index (κ2) is 4.95. The second-order valence-electron chi connectivity index (χ2n) is 3.64. The molecule has 80 valence electrons. The molecule has 5 nitrogen and oxygen atoms in total. The number of unbranched alkanes of at least 4 members (excludes halogenated alkanes) is 1. The van der Waals surface area contributed by atoms with Gasteiger partial charge in [-0.25, -0.2) is 0 Å². The van der Waals surface area contributed by atoms with Gasteiger partial charge in [-0.1, -0.05) is 0 Å². The van der Waals surface area contributed by atoms with Crippen molar-refractivity contribution in [2.24, 2.45) is 17.4 Å². The van der Waals surface area contributed by atoms with E-state index in [0.717, 1.165) is 12.8 Å². The van der Waals surface area contributed by atoms with E-state index in [0.29, 0.717) is 19.6 Å². The van der Waals surface area contributed by atoms with Crippen LogP contribution in [0.1, 0.15) is 19.3 Å². The maximum absolute atomic E-state index is 11.4. The predicted molar refractivity (Wildman–Crippen MR) is 52.2 cm³/mol. The molecule has 0 radical (unpaired) electrons. The molecule has 2 amide bonds. The Kier molecular flexibility index (Phi) is 3.88. The van der Waals surface area contributed by atoms with Crippen molar-refractivity contribution in [1.82, 2.24) is 4.90 Å². The van der Waals surface area contributed by atoms with Crippen LogP contribution in [0.4, 0.5) is 0 Å². The number of carbonyl (C=O) groups is 2. The first-order valence-corrected chi connectivity index (χ1v) is 4.92. The molecule has 0 saturated carbocycles. The van der Waals surface area contributed by atoms with Gasteiger partial charge in [-0.3, -0.25) is 9.59 Å². The normalized spacial score (nSPS) is 21.6. The summed E-state index contributed by atoms with van der Waals surface area (Å²) >= 11 is 0. The van der Waals surface area contributed by atoms with Crippen molar-refractivity contribution >= 4 is 11.8 Å². The van der Waals surface area contributed by atoms with Gasteiger partial charge in [0.05, 0.1) is 5.92 Å². The molecular formula is C9H17N3O2. The SMILES string of the molecule is NCCCCN1CC(C(N)=O)CC1=O. The molecule has 1 aliphatic heterocycles. The maximum atomic E-state index is 11.4. The number of nitrogens with zero attached hydrogens (tertiary/aromatic N) is 1. The minimum atomic E-state index is -0.375. The highest BCUT2D eigenvalue weighted by Crippen LogP contribution is 2.17. The topological polar surface area (TPSA) is 89.4 Å². The van der Waals surface area contributed by atoms with Gasteiger partial charge in [0, 0.05) is 19.5 Å². The third-order valence-electron chi connectivity index (χ3n) is 2.50. The summed E-state index contributed by atoms with van der Waals surface area (Å²) < 4.78 is 0. The van der Waals surface area contributed by atoms with Gasteiger partial charge in [-0.15, -0.1) is 0 Å². The average Bonchev–Trinajstić information content (AvgIpc) is 2.49. The molecule has 1 heterocycles. The minimum absolute atomic E-state index is 0.0332. The fourth-order valence-electron chi connectivity index (χ4n) is 1.63. The van der Waals surface area contributed by atoms with Gasteiger partial charge in [0.1, 0.15) is 0 Å². The fourth-order valence-corrected chi connectivity index (χ4v) is 1.63. The highest BCUT2D eigenvalue weighted by Gasteiger charge is 2.32. The molecule has 1 rings (SSSR count). The monoisotopic (exact) mass is 199 g/mol. The van der Waals surface area contributed by atoms with Crippen molar-refractivity contribution in [2.75, 3.05) is 19.6 Å². The van der Waals surface area contributed by atoms with E-state index in [-0.39, 0.29) is 24.2 Å². The first-order valence-electron chi connectivity index (χ1n) is 4.92. The van der Waals surface area contributed by atoms with Gasteiger partial charge in [-0.05, 0) is 19.4 Å². The molecule has 1 atom stereocenters. The van der Waals surface area contributed by atoms with E-state index in [4.69, 9.17) is 11.5 Å². The van der Waals surface area contributed by atoms with Crippen LogP contribution in [-0.4, -0.2) is 36.3 Å². The first-order chi connectivity index (χ1) is 6.65. The van der Waals surface area contributed by atoms with Gasteiger partial charge in [-0.2, -0.15) is 0 Å². The number of likely N-dealkylation sites (tertiary alicyclic amines) is 1. The highest BCUT2D eigenvalue weighted by molar-refractivity contribution is 5.88. The zero-order chi connectivity index (χ0) is 10.6. The summed E-state index contributed by atoms with van der Waals surface area (Å²) in [5.74, 6) is -0.633. The van der Waals surface area contributed by atoms with Crippen LogP contribution in [0.15, 0.2) is 0 Å². The number of hydrogen-bond acceptors (Lipinski definition) is 3. The third-order valence-corrected chi connectivity index (χ3v) is 2.50. The van der Waals surface area contributed by atoms with Crippen LogP contribution in [0.3, 0.4) is 0 Å². The summed E-state index contributed by atoms with van der Waals surface area (Å²) in [6.07, 6.45) is 2.08. The Labute approximate surface area is 83.4 Å². The summed E-state index contributed by atoms with van der Waals surface area (Å²) in [5.41, 5.74) is 10.5. The molecule has 1 aliphatic rings. The van der Waals surface area contributed by atoms with E-state index in [1.165, 1.54) is 0 Å². The number of nitrogens with two attached hydrogens (primary N) is 2. The zero-order valence-electron chi connectivity index (χ0n) is 8.24. The molecule has 1 unspecified atom stereocenters. The Morgan fingerprint density at radius 2 is 2.21 bits per heavy atom. The quantitative estimate of drug-likeness (QED) is 0.560. The van der Waals surface area contributed by atoms with Crippen LogP contribution in [0, 0.1) is 5.92 Å². The molecule has 1 saturated heterocycles. The van der Waals surface area contributed by atoms with E-state index in [1.807, 2.05) is 0 Å². The first kappa shape index (κ1) is 11.0. The van der Waals surface area contributed by atoms with E-state index in [1.54, 1.807) is 4.90 Å². The van der Waals surface area contributed by atoms with Gasteiger partial charge in [0.25, 0.3) is 0 Å². The second-order valence-corrected chi connectivity index (χ2v) is 3.64. The van der Waals surface area contributed by atoms with Crippen molar-refractivity contribution in [3.8, 4) is 0 Å². The predicted octanol–water partition coefficient (Wildman–Crippen LogP) is -0.941. The number of primary amides is 1. The van der Waals surface area contributed by atoms with Crippen LogP contribution in [-0.2, 0) is 9.59 Å². The number of rotatable bonds is 5. The molecule has 0 aliphatic carbocycles. The van der Waals surface area contributed by atoms with Gasteiger partial charge < -0.3 is 16.4 Å². The highest BCUT2D eigenvalue weighted by atomic mass is 16.2. The molecule has 0 aromatic carbocycles. The van der Waals surface area contributed by atoms with E-state index >= 15 is 0 Å². The number of carbonyl (C=O) groups excluding carboxylic acids is 2. The summed E-state index contributed by atoms with van der Waals surface area (Å²) in [6, 6.07) is 0. The van der Waals surface area contributed by atoms with E-state index in [9.17, 15) is 9.59 Å². The smallest absolute Gasteiger partial charge is 0.223 e. The lowest BCUT2D eigenvalue weighted by Gasteiger charge is -2.15. The van der Waals surface area contributed by atoms with Gasteiger partial charge in [0.15, 0.2) is 0 Å². The summed E-state index contributed by atoms with van der Waals surface area (Å²) in [5, 5.41) is 0. The lowest BCUT2D eigenvalue weighted by molar-refractivity contribution is -0.128. The Morgan fingerprint density at radius 1 is 1.50 bits per heavy atom. The van der Waals surface area contributed by atoms with Crippen molar-refractivity contribution < 1.29 is 9.59 Å². The molecule has 14 heavy (non-hydrogen) atoms. The zero-order valence-corrected chi connectivity index (χ0v) is 8.24. The Bertz CT molecular complexity index is 230. The molecule has 0 aromatic heterocycles. The summed E-state index contributed by atoms with van der Waals surface area (Å²) in [7, 11) is 0. The maximum Gasteiger partial charge on any atom is 0.223 e. The molecular weight excluding hydrogens is 182 g/mol. The van der Waals surface area contributed by atoms with Crippen molar-refractivity contribution in [3.63, 3.8) is 0 Å². The van der Waals surface area contributed by atoms with Crippen molar-refractivity contribution in [2.45, 2.75) is 19.3 Å². The van der Waals surface area contributed by atoms with E-state index in [2.05, 4.69) is 0 Å². The van der Waals surface area contributed by atoms with Crippen LogP contribution in [0.25, 0.3) is 0 Å². The van der Waals surface area contributed by atoms with Crippen LogP contribution >= 0.6 is 0 Å². The molecule has 0 bridgehead atoms. The van der Waals surface area contributed by atoms with E-state index < -0.39 is 0 Å². The molecule has 1 fully saturated rings.